The first kappa shape index (κ1) is 12.8. The Hall–Kier alpha value is -2.23. The lowest BCUT2D eigenvalue weighted by molar-refractivity contribution is -0.121. The molecule has 0 unspecified atom stereocenters. The molecule has 17 heavy (non-hydrogen) atoms. The van der Waals surface area contributed by atoms with Crippen molar-refractivity contribution in [3.63, 3.8) is 0 Å². The second-order valence-corrected chi connectivity index (χ2v) is 3.36. The number of aromatic nitrogens is 1. The molecular formula is C13H14N2O2. The fourth-order valence-electron chi connectivity index (χ4n) is 1.22. The zero-order chi connectivity index (χ0) is 12.7. The van der Waals surface area contributed by atoms with Crippen molar-refractivity contribution in [2.24, 2.45) is 0 Å². The normalized spacial score (nSPS) is 11.5. The van der Waals surface area contributed by atoms with Gasteiger partial charge in [-0.3, -0.25) is 14.6 Å². The van der Waals surface area contributed by atoms with Crippen molar-refractivity contribution in [2.45, 2.75) is 6.92 Å². The van der Waals surface area contributed by atoms with E-state index in [2.05, 4.69) is 10.3 Å². The third-order valence-electron chi connectivity index (χ3n) is 2.09. The lowest BCUT2D eigenvalue weighted by atomic mass is 10.1. The molecule has 0 radical (unpaired) electrons. The molecule has 0 aliphatic carbocycles. The predicted molar refractivity (Wildman–Crippen MR) is 66.1 cm³/mol. The maximum Gasteiger partial charge on any atom is 0.254 e. The summed E-state index contributed by atoms with van der Waals surface area (Å²) in [4.78, 5) is 26.5. The van der Waals surface area contributed by atoms with Crippen LogP contribution in [0.5, 0.6) is 0 Å². The van der Waals surface area contributed by atoms with Gasteiger partial charge in [0.25, 0.3) is 5.91 Å². The summed E-state index contributed by atoms with van der Waals surface area (Å²) >= 11 is 0. The summed E-state index contributed by atoms with van der Waals surface area (Å²) in [5, 5.41) is 2.42. The van der Waals surface area contributed by atoms with Gasteiger partial charge in [-0.05, 0) is 24.6 Å². The van der Waals surface area contributed by atoms with E-state index in [1.165, 1.54) is 20.0 Å². The van der Waals surface area contributed by atoms with Gasteiger partial charge in [-0.25, -0.2) is 0 Å². The topological polar surface area (TPSA) is 59.1 Å². The summed E-state index contributed by atoms with van der Waals surface area (Å²) in [5.74, 6) is -0.645. The van der Waals surface area contributed by atoms with Crippen LogP contribution in [0.3, 0.4) is 0 Å². The molecule has 1 aromatic heterocycles. The van der Waals surface area contributed by atoms with E-state index in [9.17, 15) is 9.59 Å². The number of carbonyl (C=O) groups excluding carboxylic acids is 2. The molecule has 1 N–H and O–H groups in total. The Morgan fingerprint density at radius 1 is 1.41 bits per heavy atom. The van der Waals surface area contributed by atoms with Crippen molar-refractivity contribution in [1.29, 1.82) is 0 Å². The fraction of sp³-hybridized carbons (Fsp3) is 0.154. The van der Waals surface area contributed by atoms with Crippen LogP contribution in [0.15, 0.2) is 42.3 Å². The fourth-order valence-corrected chi connectivity index (χ4v) is 1.22. The lowest BCUT2D eigenvalue weighted by Crippen LogP contribution is -2.23. The highest BCUT2D eigenvalue weighted by Gasteiger charge is 2.10. The molecule has 1 amide bonds. The zero-order valence-electron chi connectivity index (χ0n) is 9.81. The maximum atomic E-state index is 11.3. The van der Waals surface area contributed by atoms with Crippen molar-refractivity contribution in [3.8, 4) is 0 Å². The van der Waals surface area contributed by atoms with Crippen LogP contribution in [0.4, 0.5) is 0 Å². The van der Waals surface area contributed by atoms with Crippen LogP contribution in [-0.2, 0) is 9.59 Å². The number of nitrogens with zero attached hydrogens (tertiary/aromatic N) is 1. The van der Waals surface area contributed by atoms with Crippen LogP contribution in [0, 0.1) is 0 Å². The van der Waals surface area contributed by atoms with Crippen LogP contribution in [0.1, 0.15) is 12.5 Å². The van der Waals surface area contributed by atoms with E-state index in [1.54, 1.807) is 24.5 Å². The average molecular weight is 230 g/mol. The molecule has 1 heterocycles. The quantitative estimate of drug-likeness (QED) is 0.367. The molecule has 1 rings (SSSR count). The van der Waals surface area contributed by atoms with Crippen molar-refractivity contribution >= 4 is 17.8 Å². The molecule has 0 bridgehead atoms. The SMILES string of the molecule is CNC(=O)C(=CC=Cc1cccnc1)C(C)=O. The van der Waals surface area contributed by atoms with Crippen LogP contribution in [0.2, 0.25) is 0 Å². The van der Waals surface area contributed by atoms with Crippen LogP contribution >= 0.6 is 0 Å². The van der Waals surface area contributed by atoms with E-state index in [0.717, 1.165) is 5.56 Å². The average Bonchev–Trinajstić information content (AvgIpc) is 2.34. The Morgan fingerprint density at radius 2 is 2.18 bits per heavy atom. The van der Waals surface area contributed by atoms with Gasteiger partial charge in [0.1, 0.15) is 0 Å². The molecule has 0 spiro atoms. The highest BCUT2D eigenvalue weighted by atomic mass is 16.2. The first-order chi connectivity index (χ1) is 8.15. The number of carbonyl (C=O) groups is 2. The largest absolute Gasteiger partial charge is 0.355 e. The zero-order valence-corrected chi connectivity index (χ0v) is 9.81. The number of pyridine rings is 1. The molecule has 0 saturated carbocycles. The monoisotopic (exact) mass is 230 g/mol. The van der Waals surface area contributed by atoms with Gasteiger partial charge in [-0.2, -0.15) is 0 Å². The second kappa shape index (κ2) is 6.37. The summed E-state index contributed by atoms with van der Waals surface area (Å²) in [6.07, 6.45) is 8.30. The van der Waals surface area contributed by atoms with E-state index in [1.807, 2.05) is 12.1 Å². The molecule has 0 saturated heterocycles. The number of rotatable bonds is 4. The summed E-state index contributed by atoms with van der Waals surface area (Å²) in [6.45, 7) is 1.36. The molecule has 0 aromatic carbocycles. The molecule has 4 heteroatoms. The summed E-state index contributed by atoms with van der Waals surface area (Å²) < 4.78 is 0. The highest BCUT2D eigenvalue weighted by Crippen LogP contribution is 2.02. The van der Waals surface area contributed by atoms with Gasteiger partial charge in [0.2, 0.25) is 0 Å². The number of allylic oxidation sites excluding steroid dienone is 2. The van der Waals surface area contributed by atoms with Crippen molar-refractivity contribution in [1.82, 2.24) is 10.3 Å². The van der Waals surface area contributed by atoms with E-state index in [-0.39, 0.29) is 17.3 Å². The minimum atomic E-state index is -0.381. The summed E-state index contributed by atoms with van der Waals surface area (Å²) in [5.41, 5.74) is 1.04. The van der Waals surface area contributed by atoms with Gasteiger partial charge in [-0.1, -0.05) is 18.2 Å². The van der Waals surface area contributed by atoms with Crippen LogP contribution in [-0.4, -0.2) is 23.7 Å². The number of ketones is 1. The first-order valence-corrected chi connectivity index (χ1v) is 5.16. The number of hydrogen-bond donors (Lipinski definition) is 1. The van der Waals surface area contributed by atoms with Crippen molar-refractivity contribution < 1.29 is 9.59 Å². The second-order valence-electron chi connectivity index (χ2n) is 3.36. The van der Waals surface area contributed by atoms with E-state index < -0.39 is 0 Å². The minimum Gasteiger partial charge on any atom is -0.355 e. The Bertz CT molecular complexity index is 462. The molecule has 1 aromatic rings. The molecule has 4 nitrogen and oxygen atoms in total. The number of amides is 1. The number of hydrogen-bond acceptors (Lipinski definition) is 3. The van der Waals surface area contributed by atoms with Gasteiger partial charge in [-0.15, -0.1) is 0 Å². The van der Waals surface area contributed by atoms with E-state index in [0.29, 0.717) is 0 Å². The minimum absolute atomic E-state index is 0.132. The molecular weight excluding hydrogens is 216 g/mol. The van der Waals surface area contributed by atoms with E-state index >= 15 is 0 Å². The molecule has 0 aliphatic heterocycles. The van der Waals surface area contributed by atoms with Crippen LogP contribution in [0.25, 0.3) is 6.08 Å². The predicted octanol–water partition coefficient (Wildman–Crippen LogP) is 1.36. The van der Waals surface area contributed by atoms with Gasteiger partial charge < -0.3 is 5.32 Å². The standard InChI is InChI=1S/C13H14N2O2/c1-10(16)12(13(17)14-2)7-3-5-11-6-4-8-15-9-11/h3-9H,1-2H3,(H,14,17). The molecule has 0 atom stereocenters. The maximum absolute atomic E-state index is 11.3. The Morgan fingerprint density at radius 3 is 2.71 bits per heavy atom. The first-order valence-electron chi connectivity index (χ1n) is 5.16. The van der Waals surface area contributed by atoms with Crippen LogP contribution < -0.4 is 5.32 Å². The third kappa shape index (κ3) is 4.03. The van der Waals surface area contributed by atoms with Gasteiger partial charge in [0.05, 0.1) is 5.57 Å². The number of nitrogens with one attached hydrogen (secondary N) is 1. The summed E-state index contributed by atoms with van der Waals surface area (Å²) in [7, 11) is 1.49. The number of likely N-dealkylation sites (N-methyl/N-ethyl adjacent to an activating group) is 1. The van der Waals surface area contributed by atoms with Crippen molar-refractivity contribution in [3.05, 3.63) is 47.8 Å². The van der Waals surface area contributed by atoms with Gasteiger partial charge in [0.15, 0.2) is 5.78 Å². The Balaban J connectivity index is 2.84. The van der Waals surface area contributed by atoms with E-state index in [4.69, 9.17) is 0 Å². The van der Waals surface area contributed by atoms with Gasteiger partial charge >= 0.3 is 0 Å². The Kier molecular flexibility index (Phi) is 4.81. The molecule has 0 fully saturated rings. The smallest absolute Gasteiger partial charge is 0.254 e. The lowest BCUT2D eigenvalue weighted by Gasteiger charge is -1.99. The molecule has 0 aliphatic rings. The van der Waals surface area contributed by atoms with Crippen molar-refractivity contribution in [2.75, 3.05) is 7.05 Å². The third-order valence-corrected chi connectivity index (χ3v) is 2.09. The molecule has 88 valence electrons. The summed E-state index contributed by atoms with van der Waals surface area (Å²) in [6, 6.07) is 3.69. The highest BCUT2D eigenvalue weighted by molar-refractivity contribution is 6.18. The van der Waals surface area contributed by atoms with Gasteiger partial charge in [0, 0.05) is 19.4 Å². The Labute approximate surface area is 100 Å². The number of Topliss-reactive ketones (excluding diaryl/α,β-unsaturated/α-hetero) is 1.